The van der Waals surface area contributed by atoms with Crippen LogP contribution in [0.3, 0.4) is 0 Å². The molecule has 0 unspecified atom stereocenters. The van der Waals surface area contributed by atoms with Gasteiger partial charge in [-0.15, -0.1) is 0 Å². The van der Waals surface area contributed by atoms with Crippen LogP contribution in [0.25, 0.3) is 11.1 Å². The normalized spacial score (nSPS) is 12.5. The van der Waals surface area contributed by atoms with E-state index in [0.717, 1.165) is 5.52 Å². The first-order valence-electron chi connectivity index (χ1n) is 6.13. The first kappa shape index (κ1) is 12.4. The molecular formula is C14H12N2O4. The van der Waals surface area contributed by atoms with Gasteiger partial charge in [-0.2, -0.15) is 0 Å². The molecule has 2 heterocycles. The lowest BCUT2D eigenvalue weighted by molar-refractivity contribution is 0.0271. The van der Waals surface area contributed by atoms with E-state index in [1.54, 1.807) is 19.9 Å². The smallest absolute Gasteiger partial charge is 0.361 e. The van der Waals surface area contributed by atoms with E-state index in [4.69, 9.17) is 13.7 Å². The number of esters is 1. The Hall–Kier alpha value is -2.63. The van der Waals surface area contributed by atoms with E-state index in [9.17, 15) is 4.79 Å². The van der Waals surface area contributed by atoms with Crippen LogP contribution in [0, 0.1) is 6.92 Å². The molecule has 0 fully saturated rings. The predicted molar refractivity (Wildman–Crippen MR) is 69.1 cm³/mol. The molecule has 102 valence electrons. The van der Waals surface area contributed by atoms with Crippen molar-refractivity contribution in [2.75, 3.05) is 0 Å². The highest BCUT2D eigenvalue weighted by Crippen LogP contribution is 2.22. The molecule has 6 nitrogen and oxygen atoms in total. The summed E-state index contributed by atoms with van der Waals surface area (Å²) in [6.07, 6.45) is -0.605. The van der Waals surface area contributed by atoms with Crippen molar-refractivity contribution in [2.24, 2.45) is 0 Å². The second-order valence-electron chi connectivity index (χ2n) is 4.39. The summed E-state index contributed by atoms with van der Waals surface area (Å²) in [6, 6.07) is 8.87. The second kappa shape index (κ2) is 4.80. The zero-order valence-electron chi connectivity index (χ0n) is 11.0. The van der Waals surface area contributed by atoms with Crippen molar-refractivity contribution >= 4 is 17.1 Å². The Morgan fingerprint density at radius 1 is 1.35 bits per heavy atom. The van der Waals surface area contributed by atoms with Gasteiger partial charge in [0.15, 0.2) is 17.4 Å². The fraction of sp³-hybridized carbons (Fsp3) is 0.214. The fourth-order valence-electron chi connectivity index (χ4n) is 1.80. The van der Waals surface area contributed by atoms with Gasteiger partial charge < -0.3 is 13.7 Å². The van der Waals surface area contributed by atoms with Gasteiger partial charge in [0.1, 0.15) is 11.3 Å². The van der Waals surface area contributed by atoms with Gasteiger partial charge in [0.05, 0.1) is 0 Å². The molecular weight excluding hydrogens is 260 g/mol. The maximum Gasteiger partial charge on any atom is 0.361 e. The zero-order valence-corrected chi connectivity index (χ0v) is 11.0. The lowest BCUT2D eigenvalue weighted by atomic mass is 10.3. The van der Waals surface area contributed by atoms with E-state index in [1.165, 1.54) is 6.07 Å². The average Bonchev–Trinajstić information content (AvgIpc) is 3.04. The maximum atomic E-state index is 11.8. The molecule has 0 saturated carbocycles. The second-order valence-corrected chi connectivity index (χ2v) is 4.39. The Kier molecular flexibility index (Phi) is 2.98. The molecule has 0 aliphatic heterocycles. The topological polar surface area (TPSA) is 78.4 Å². The van der Waals surface area contributed by atoms with E-state index in [-0.39, 0.29) is 5.69 Å². The number of aromatic nitrogens is 2. The predicted octanol–water partition coefficient (Wildman–Crippen LogP) is 3.04. The minimum Gasteiger partial charge on any atom is -0.448 e. The Labute approximate surface area is 114 Å². The Morgan fingerprint density at radius 2 is 2.15 bits per heavy atom. The molecule has 6 heteroatoms. The highest BCUT2D eigenvalue weighted by Gasteiger charge is 2.20. The van der Waals surface area contributed by atoms with Crippen molar-refractivity contribution in [1.29, 1.82) is 0 Å². The third-order valence-corrected chi connectivity index (χ3v) is 2.78. The van der Waals surface area contributed by atoms with Crippen LogP contribution in [0.1, 0.15) is 35.2 Å². The van der Waals surface area contributed by atoms with Crippen LogP contribution in [0.15, 0.2) is 39.3 Å². The van der Waals surface area contributed by atoms with Crippen LogP contribution in [0.5, 0.6) is 0 Å². The van der Waals surface area contributed by atoms with Gasteiger partial charge in [0.2, 0.25) is 5.89 Å². The molecule has 1 atom stereocenters. The monoisotopic (exact) mass is 272 g/mol. The SMILES string of the molecule is Cc1cc(C(=O)O[C@@H](C)c2nc3ccccc3o2)no1. The van der Waals surface area contributed by atoms with Crippen molar-refractivity contribution in [3.63, 3.8) is 0 Å². The molecule has 0 saturated heterocycles. The summed E-state index contributed by atoms with van der Waals surface area (Å²) < 4.78 is 15.6. The summed E-state index contributed by atoms with van der Waals surface area (Å²) in [5, 5.41) is 3.60. The first-order chi connectivity index (χ1) is 9.63. The number of ether oxygens (including phenoxy) is 1. The van der Waals surface area contributed by atoms with Gasteiger partial charge in [-0.1, -0.05) is 17.3 Å². The molecule has 0 aliphatic carbocycles. The number of benzene rings is 1. The quantitative estimate of drug-likeness (QED) is 0.682. The minimum absolute atomic E-state index is 0.130. The number of para-hydroxylation sites is 2. The van der Waals surface area contributed by atoms with Crippen molar-refractivity contribution in [3.8, 4) is 0 Å². The summed E-state index contributed by atoms with van der Waals surface area (Å²) in [5.74, 6) is 0.322. The fourth-order valence-corrected chi connectivity index (χ4v) is 1.80. The highest BCUT2D eigenvalue weighted by molar-refractivity contribution is 5.87. The van der Waals surface area contributed by atoms with Gasteiger partial charge >= 0.3 is 5.97 Å². The third-order valence-electron chi connectivity index (χ3n) is 2.78. The molecule has 0 radical (unpaired) electrons. The molecule has 2 aromatic heterocycles. The number of rotatable bonds is 3. The van der Waals surface area contributed by atoms with E-state index in [1.807, 2.05) is 18.2 Å². The minimum atomic E-state index is -0.605. The molecule has 3 aromatic rings. The van der Waals surface area contributed by atoms with Gasteiger partial charge in [0.25, 0.3) is 0 Å². The summed E-state index contributed by atoms with van der Waals surface area (Å²) in [4.78, 5) is 16.1. The number of nitrogens with zero attached hydrogens (tertiary/aromatic N) is 2. The molecule has 0 aliphatic rings. The van der Waals surface area contributed by atoms with Crippen LogP contribution >= 0.6 is 0 Å². The van der Waals surface area contributed by atoms with E-state index < -0.39 is 12.1 Å². The van der Waals surface area contributed by atoms with Crippen molar-refractivity contribution in [1.82, 2.24) is 10.1 Å². The summed E-state index contributed by atoms with van der Waals surface area (Å²) in [7, 11) is 0. The Bertz CT molecular complexity index is 726. The summed E-state index contributed by atoms with van der Waals surface area (Å²) in [5.41, 5.74) is 1.51. The molecule has 0 N–H and O–H groups in total. The Morgan fingerprint density at radius 3 is 2.85 bits per heavy atom. The van der Waals surface area contributed by atoms with E-state index in [0.29, 0.717) is 17.2 Å². The number of carbonyl (C=O) groups is 1. The lowest BCUT2D eigenvalue weighted by Crippen LogP contribution is -2.09. The molecule has 3 rings (SSSR count). The first-order valence-corrected chi connectivity index (χ1v) is 6.13. The van der Waals surface area contributed by atoms with Gasteiger partial charge in [-0.05, 0) is 26.0 Å². The average molecular weight is 272 g/mol. The van der Waals surface area contributed by atoms with Crippen molar-refractivity contribution in [2.45, 2.75) is 20.0 Å². The summed E-state index contributed by atoms with van der Waals surface area (Å²) in [6.45, 7) is 3.39. The van der Waals surface area contributed by atoms with Crippen LogP contribution < -0.4 is 0 Å². The summed E-state index contributed by atoms with van der Waals surface area (Å²) >= 11 is 0. The molecule has 0 bridgehead atoms. The number of aryl methyl sites for hydroxylation is 1. The third kappa shape index (κ3) is 2.27. The number of oxazole rings is 1. The van der Waals surface area contributed by atoms with Gasteiger partial charge in [0, 0.05) is 6.07 Å². The van der Waals surface area contributed by atoms with E-state index >= 15 is 0 Å². The maximum absolute atomic E-state index is 11.8. The molecule has 0 amide bonds. The standard InChI is InChI=1S/C14H12N2O4/c1-8-7-11(16-20-8)14(17)18-9(2)13-15-10-5-3-4-6-12(10)19-13/h3-7,9H,1-2H3/t9-/m0/s1. The molecule has 0 spiro atoms. The van der Waals surface area contributed by atoms with Crippen LogP contribution in [0.4, 0.5) is 0 Å². The molecule has 1 aromatic carbocycles. The van der Waals surface area contributed by atoms with E-state index in [2.05, 4.69) is 10.1 Å². The van der Waals surface area contributed by atoms with Crippen molar-refractivity contribution in [3.05, 3.63) is 47.7 Å². The van der Waals surface area contributed by atoms with Crippen molar-refractivity contribution < 1.29 is 18.5 Å². The van der Waals surface area contributed by atoms with Gasteiger partial charge in [-0.3, -0.25) is 0 Å². The zero-order chi connectivity index (χ0) is 14.1. The molecule has 20 heavy (non-hydrogen) atoms. The van der Waals surface area contributed by atoms with Crippen LogP contribution in [0.2, 0.25) is 0 Å². The van der Waals surface area contributed by atoms with Crippen LogP contribution in [-0.2, 0) is 4.74 Å². The highest BCUT2D eigenvalue weighted by atomic mass is 16.6. The number of carbonyl (C=O) groups excluding carboxylic acids is 1. The van der Waals surface area contributed by atoms with Gasteiger partial charge in [-0.25, -0.2) is 9.78 Å². The lowest BCUT2D eigenvalue weighted by Gasteiger charge is -2.07. The van der Waals surface area contributed by atoms with Crippen LogP contribution in [-0.4, -0.2) is 16.1 Å². The Balaban J connectivity index is 1.78. The largest absolute Gasteiger partial charge is 0.448 e. The number of fused-ring (bicyclic) bond motifs is 1. The number of hydrogen-bond acceptors (Lipinski definition) is 6. The number of hydrogen-bond donors (Lipinski definition) is 0.